The lowest BCUT2D eigenvalue weighted by molar-refractivity contribution is -0.148. The number of esters is 1. The van der Waals surface area contributed by atoms with Crippen molar-refractivity contribution in [2.24, 2.45) is 0 Å². The maximum atomic E-state index is 14.1. The Morgan fingerprint density at radius 2 is 1.67 bits per heavy atom. The van der Waals surface area contributed by atoms with Crippen molar-refractivity contribution in [1.29, 1.82) is 0 Å². The van der Waals surface area contributed by atoms with Gasteiger partial charge in [-0.05, 0) is 55.0 Å². The third-order valence-electron chi connectivity index (χ3n) is 11.4. The molecule has 6 rings (SSSR count). The quantitative estimate of drug-likeness (QED) is 0.153. The Balaban J connectivity index is 1.05. The number of piperazine rings is 1. The first-order valence-corrected chi connectivity index (χ1v) is 20.4. The van der Waals surface area contributed by atoms with Gasteiger partial charge in [0.05, 0.1) is 29.4 Å². The van der Waals surface area contributed by atoms with E-state index in [4.69, 9.17) is 26.8 Å². The average molecular weight is 820 g/mol. The number of urea groups is 1. The largest absolute Gasteiger partial charge is 0.465 e. The standard InChI is InChI=1S/C40H53ClF3N7O6/c1-2-3-4-7-20-56-35(52)26-47-24-30(25-47)48-16-18-49(19-17-48)37(53)34(23-27-21-31(40(42,43)44)36(45)32(41)22-27)57-39(55)50-13-11-29(12-14-50)51-15-10-28-8-5-6-9-33(28)46-38(51)54/h5-6,8-9,21-22,29-30,34H,2-4,7,10-20,23-26,45H2,1H3,(H,46,54)/t34-/m1/s1. The van der Waals surface area contributed by atoms with E-state index >= 15 is 0 Å². The van der Waals surface area contributed by atoms with Gasteiger partial charge in [-0.15, -0.1) is 0 Å². The molecule has 1 atom stereocenters. The molecular weight excluding hydrogens is 767 g/mol. The number of halogens is 4. The summed E-state index contributed by atoms with van der Waals surface area (Å²) in [5, 5.41) is 2.67. The van der Waals surface area contributed by atoms with Gasteiger partial charge in [-0.2, -0.15) is 13.2 Å². The van der Waals surface area contributed by atoms with Gasteiger partial charge in [0.1, 0.15) is 0 Å². The molecular formula is C40H53ClF3N7O6. The molecule has 0 radical (unpaired) electrons. The van der Waals surface area contributed by atoms with Gasteiger partial charge in [-0.25, -0.2) is 9.59 Å². The number of nitrogens with one attached hydrogen (secondary N) is 1. The lowest BCUT2D eigenvalue weighted by Crippen LogP contribution is -2.64. The van der Waals surface area contributed by atoms with Crippen molar-refractivity contribution in [3.8, 4) is 0 Å². The molecule has 57 heavy (non-hydrogen) atoms. The molecule has 3 fully saturated rings. The summed E-state index contributed by atoms with van der Waals surface area (Å²) in [4.78, 5) is 62.2. The second-order valence-electron chi connectivity index (χ2n) is 15.4. The number of unbranched alkanes of at least 4 members (excludes halogenated alkanes) is 3. The third-order valence-corrected chi connectivity index (χ3v) is 11.7. The Bertz CT molecular complexity index is 1750. The number of benzene rings is 2. The lowest BCUT2D eigenvalue weighted by Gasteiger charge is -2.48. The Morgan fingerprint density at radius 3 is 2.37 bits per heavy atom. The van der Waals surface area contributed by atoms with Crippen molar-refractivity contribution in [1.82, 2.24) is 24.5 Å². The number of rotatable bonds is 13. The first kappa shape index (κ1) is 42.3. The number of carbonyl (C=O) groups is 4. The van der Waals surface area contributed by atoms with Crippen LogP contribution in [0.2, 0.25) is 5.02 Å². The van der Waals surface area contributed by atoms with Gasteiger partial charge in [-0.3, -0.25) is 19.4 Å². The normalized spacial score (nSPS) is 19.3. The number of hydrogen-bond acceptors (Lipinski definition) is 9. The first-order valence-electron chi connectivity index (χ1n) is 20.0. The number of nitrogen functional groups attached to an aromatic ring is 1. The minimum Gasteiger partial charge on any atom is -0.465 e. The molecule has 0 aromatic heterocycles. The van der Waals surface area contributed by atoms with Crippen LogP contribution in [-0.4, -0.2) is 139 Å². The predicted molar refractivity (Wildman–Crippen MR) is 209 cm³/mol. The van der Waals surface area contributed by atoms with Crippen LogP contribution >= 0.6 is 11.6 Å². The van der Waals surface area contributed by atoms with Crippen molar-refractivity contribution in [3.63, 3.8) is 0 Å². The molecule has 0 bridgehead atoms. The van der Waals surface area contributed by atoms with Crippen LogP contribution in [0.5, 0.6) is 0 Å². The van der Waals surface area contributed by atoms with Crippen LogP contribution in [0.1, 0.15) is 62.1 Å². The number of alkyl halides is 3. The van der Waals surface area contributed by atoms with Crippen molar-refractivity contribution < 1.29 is 41.8 Å². The summed E-state index contributed by atoms with van der Waals surface area (Å²) in [6.07, 6.45) is -1.52. The molecule has 4 heterocycles. The fraction of sp³-hybridized carbons (Fsp3) is 0.600. The molecule has 0 aliphatic carbocycles. The number of amides is 4. The highest BCUT2D eigenvalue weighted by Gasteiger charge is 2.39. The van der Waals surface area contributed by atoms with E-state index < -0.39 is 35.5 Å². The van der Waals surface area contributed by atoms with Gasteiger partial charge >= 0.3 is 24.3 Å². The topological polar surface area (TPSA) is 141 Å². The molecule has 4 aliphatic rings. The second kappa shape index (κ2) is 19.0. The van der Waals surface area contributed by atoms with Crippen LogP contribution in [0, 0.1) is 0 Å². The average Bonchev–Trinajstić information content (AvgIpc) is 3.34. The van der Waals surface area contributed by atoms with Crippen LogP contribution in [0.4, 0.5) is 34.1 Å². The van der Waals surface area contributed by atoms with Crippen molar-refractivity contribution in [2.75, 3.05) is 83.1 Å². The maximum Gasteiger partial charge on any atom is 0.418 e. The van der Waals surface area contributed by atoms with Gasteiger partial charge in [-0.1, -0.05) is 56.0 Å². The highest BCUT2D eigenvalue weighted by atomic mass is 35.5. The molecule has 4 amide bonds. The number of anilines is 2. The zero-order valence-corrected chi connectivity index (χ0v) is 33.2. The van der Waals surface area contributed by atoms with Gasteiger partial charge < -0.3 is 35.2 Å². The van der Waals surface area contributed by atoms with Crippen molar-refractivity contribution >= 4 is 47.0 Å². The number of likely N-dealkylation sites (tertiary alicyclic amines) is 2. The van der Waals surface area contributed by atoms with E-state index in [1.165, 1.54) is 11.0 Å². The number of nitrogens with zero attached hydrogens (tertiary/aromatic N) is 5. The SMILES string of the molecule is CCCCCCOC(=O)CN1CC(N2CCN(C(=O)[C@@H](Cc3cc(Cl)c(N)c(C(F)(F)F)c3)OC(=O)N3CCC(N4CCc5ccccc5NC4=O)CC3)CC2)C1. The number of nitrogens with two attached hydrogens (primary N) is 1. The Labute approximate surface area is 336 Å². The molecule has 0 spiro atoms. The maximum absolute atomic E-state index is 14.1. The van der Waals surface area contributed by atoms with E-state index in [1.807, 2.05) is 29.2 Å². The second-order valence-corrected chi connectivity index (χ2v) is 15.8. The zero-order chi connectivity index (χ0) is 40.7. The molecule has 4 aliphatic heterocycles. The van der Waals surface area contributed by atoms with Gasteiger partial charge in [0.15, 0.2) is 6.10 Å². The summed E-state index contributed by atoms with van der Waals surface area (Å²) in [6.45, 7) is 6.99. The van der Waals surface area contributed by atoms with Crippen molar-refractivity contribution in [3.05, 3.63) is 58.1 Å². The van der Waals surface area contributed by atoms with E-state index in [0.29, 0.717) is 71.7 Å². The van der Waals surface area contributed by atoms with Crippen LogP contribution in [-0.2, 0) is 38.1 Å². The summed E-state index contributed by atoms with van der Waals surface area (Å²) >= 11 is 6.13. The number of para-hydroxylation sites is 1. The molecule has 0 saturated carbocycles. The van der Waals surface area contributed by atoms with Crippen LogP contribution in [0.25, 0.3) is 0 Å². The Kier molecular flexibility index (Phi) is 14.1. The fourth-order valence-corrected chi connectivity index (χ4v) is 8.31. The number of ether oxygens (including phenoxy) is 2. The van der Waals surface area contributed by atoms with Crippen molar-refractivity contribution in [2.45, 2.75) is 82.7 Å². The van der Waals surface area contributed by atoms with E-state index in [1.54, 1.807) is 9.80 Å². The number of piperidine rings is 1. The smallest absolute Gasteiger partial charge is 0.418 e. The number of carbonyl (C=O) groups excluding carboxylic acids is 4. The van der Waals surface area contributed by atoms with Crippen LogP contribution in [0.3, 0.4) is 0 Å². The first-order chi connectivity index (χ1) is 27.3. The molecule has 2 aromatic carbocycles. The molecule has 0 unspecified atom stereocenters. The minimum absolute atomic E-state index is 0.0484. The Hall–Kier alpha value is -4.28. The minimum atomic E-state index is -4.79. The molecule has 312 valence electrons. The highest BCUT2D eigenvalue weighted by molar-refractivity contribution is 6.33. The molecule has 2 aromatic rings. The summed E-state index contributed by atoms with van der Waals surface area (Å²) in [5.74, 6) is -0.747. The molecule has 17 heteroatoms. The van der Waals surface area contributed by atoms with E-state index in [-0.39, 0.29) is 60.7 Å². The van der Waals surface area contributed by atoms with Crippen LogP contribution < -0.4 is 11.1 Å². The lowest BCUT2D eigenvalue weighted by atomic mass is 10.0. The number of fused-ring (bicyclic) bond motifs is 1. The van der Waals surface area contributed by atoms with E-state index in [0.717, 1.165) is 43.0 Å². The number of hydrogen-bond donors (Lipinski definition) is 2. The molecule has 3 N–H and O–H groups in total. The van der Waals surface area contributed by atoms with E-state index in [9.17, 15) is 32.3 Å². The summed E-state index contributed by atoms with van der Waals surface area (Å²) in [6, 6.07) is 9.66. The molecule has 13 nitrogen and oxygen atoms in total. The van der Waals surface area contributed by atoms with Crippen LogP contribution in [0.15, 0.2) is 36.4 Å². The van der Waals surface area contributed by atoms with E-state index in [2.05, 4.69) is 17.1 Å². The highest BCUT2D eigenvalue weighted by Crippen LogP contribution is 2.38. The fourth-order valence-electron chi connectivity index (χ4n) is 8.07. The zero-order valence-electron chi connectivity index (χ0n) is 32.4. The Morgan fingerprint density at radius 1 is 0.947 bits per heavy atom. The summed E-state index contributed by atoms with van der Waals surface area (Å²) in [5.41, 5.74) is 5.80. The predicted octanol–water partition coefficient (Wildman–Crippen LogP) is 5.50. The van der Waals surface area contributed by atoms with Gasteiger partial charge in [0.25, 0.3) is 5.91 Å². The van der Waals surface area contributed by atoms with Gasteiger partial charge in [0, 0.05) is 83.1 Å². The summed E-state index contributed by atoms with van der Waals surface area (Å²) in [7, 11) is 0. The van der Waals surface area contributed by atoms with Gasteiger partial charge in [0.2, 0.25) is 0 Å². The molecule has 3 saturated heterocycles. The monoisotopic (exact) mass is 819 g/mol. The third kappa shape index (κ3) is 10.8. The summed E-state index contributed by atoms with van der Waals surface area (Å²) < 4.78 is 52.8.